The van der Waals surface area contributed by atoms with Crippen LogP contribution in [0.1, 0.15) is 63.1 Å². The predicted molar refractivity (Wildman–Crippen MR) is 120 cm³/mol. The highest BCUT2D eigenvalue weighted by atomic mass is 16.5. The molecule has 2 saturated carbocycles. The van der Waals surface area contributed by atoms with Gasteiger partial charge in [0.15, 0.2) is 5.82 Å². The molecule has 2 aliphatic heterocycles. The van der Waals surface area contributed by atoms with Crippen molar-refractivity contribution in [3.8, 4) is 0 Å². The van der Waals surface area contributed by atoms with Gasteiger partial charge in [0.1, 0.15) is 0 Å². The van der Waals surface area contributed by atoms with Crippen LogP contribution in [-0.2, 0) is 25.7 Å². The highest BCUT2D eigenvalue weighted by Crippen LogP contribution is 2.48. The normalized spacial score (nSPS) is 29.4. The molecule has 188 valence electrons. The lowest BCUT2D eigenvalue weighted by Crippen LogP contribution is -2.61. The largest absolute Gasteiger partial charge is 0.483 e. The molecule has 0 bridgehead atoms. The molecule has 5 rings (SSSR count). The van der Waals surface area contributed by atoms with E-state index in [-0.39, 0.29) is 30.7 Å². The minimum Gasteiger partial charge on any atom is -0.483 e. The molecular weight excluding hydrogens is 442 g/mol. The summed E-state index contributed by atoms with van der Waals surface area (Å²) in [6, 6.07) is 0.496. The molecule has 0 unspecified atom stereocenters. The van der Waals surface area contributed by atoms with Crippen LogP contribution in [0.3, 0.4) is 0 Å². The minimum absolute atomic E-state index is 0.0232. The van der Waals surface area contributed by atoms with Gasteiger partial charge in [-0.3, -0.25) is 19.3 Å². The SMILES string of the molecule is CC(=O)N1CC[C@@H]2C[C@@H](N3CCOCC3)CC[C@@]2(C(=O)NCc2nc(C3CC3)no2)C1.O=CO. The monoisotopic (exact) mass is 477 g/mol. The molecule has 3 atom stereocenters. The van der Waals surface area contributed by atoms with Crippen LogP contribution in [0.25, 0.3) is 0 Å². The molecule has 11 nitrogen and oxygen atoms in total. The second-order valence-corrected chi connectivity index (χ2v) is 9.77. The first-order valence-electron chi connectivity index (χ1n) is 12.2. The number of nitrogens with one attached hydrogen (secondary N) is 1. The third-order valence-electron chi connectivity index (χ3n) is 7.77. The topological polar surface area (TPSA) is 138 Å². The van der Waals surface area contributed by atoms with E-state index in [0.717, 1.165) is 77.2 Å². The first kappa shape index (κ1) is 24.6. The van der Waals surface area contributed by atoms with Gasteiger partial charge in [0, 0.05) is 45.1 Å². The Bertz CT molecular complexity index is 868. The summed E-state index contributed by atoms with van der Waals surface area (Å²) in [6.45, 7) is 6.36. The summed E-state index contributed by atoms with van der Waals surface area (Å²) in [4.78, 5) is 42.9. The maximum absolute atomic E-state index is 13.6. The molecule has 0 aromatic carbocycles. The van der Waals surface area contributed by atoms with Crippen LogP contribution in [0.4, 0.5) is 0 Å². The number of hydrogen-bond donors (Lipinski definition) is 2. The summed E-state index contributed by atoms with van der Waals surface area (Å²) < 4.78 is 10.9. The molecule has 3 heterocycles. The number of aromatic nitrogens is 2. The Balaban J connectivity index is 0.000000868. The van der Waals surface area contributed by atoms with E-state index in [1.807, 2.05) is 4.90 Å². The summed E-state index contributed by atoms with van der Waals surface area (Å²) in [7, 11) is 0. The Labute approximate surface area is 199 Å². The zero-order valence-corrected chi connectivity index (χ0v) is 19.8. The van der Waals surface area contributed by atoms with E-state index < -0.39 is 5.41 Å². The number of morpholine rings is 1. The van der Waals surface area contributed by atoms with E-state index in [4.69, 9.17) is 19.2 Å². The number of ether oxygens (including phenoxy) is 1. The molecule has 2 saturated heterocycles. The molecule has 4 aliphatic rings. The molecule has 2 amide bonds. The van der Waals surface area contributed by atoms with Crippen molar-refractivity contribution in [1.82, 2.24) is 25.3 Å². The van der Waals surface area contributed by atoms with Crippen molar-refractivity contribution < 1.29 is 28.8 Å². The Morgan fingerprint density at radius 3 is 2.62 bits per heavy atom. The number of hydrogen-bond acceptors (Lipinski definition) is 8. The van der Waals surface area contributed by atoms with E-state index >= 15 is 0 Å². The Morgan fingerprint density at radius 1 is 1.21 bits per heavy atom. The van der Waals surface area contributed by atoms with Gasteiger partial charge in [-0.1, -0.05) is 5.16 Å². The Kier molecular flexibility index (Phi) is 7.82. The number of likely N-dealkylation sites (tertiary alicyclic amines) is 1. The van der Waals surface area contributed by atoms with Crippen LogP contribution in [0.15, 0.2) is 4.52 Å². The van der Waals surface area contributed by atoms with Crippen molar-refractivity contribution in [2.75, 3.05) is 39.4 Å². The molecule has 0 spiro atoms. The van der Waals surface area contributed by atoms with Crippen LogP contribution >= 0.6 is 0 Å². The van der Waals surface area contributed by atoms with Crippen molar-refractivity contribution in [3.05, 3.63) is 11.7 Å². The highest BCUT2D eigenvalue weighted by molar-refractivity contribution is 5.84. The lowest BCUT2D eigenvalue weighted by molar-refractivity contribution is -0.150. The van der Waals surface area contributed by atoms with Crippen molar-refractivity contribution in [2.45, 2.75) is 64.0 Å². The smallest absolute Gasteiger partial charge is 0.290 e. The number of nitrogens with zero attached hydrogens (tertiary/aromatic N) is 4. The summed E-state index contributed by atoms with van der Waals surface area (Å²) >= 11 is 0. The van der Waals surface area contributed by atoms with E-state index in [2.05, 4.69) is 20.4 Å². The second kappa shape index (κ2) is 10.8. The zero-order valence-electron chi connectivity index (χ0n) is 19.8. The van der Waals surface area contributed by atoms with E-state index in [0.29, 0.717) is 24.4 Å². The molecule has 11 heteroatoms. The fraction of sp³-hybridized carbons (Fsp3) is 0.783. The number of carboxylic acid groups (broad SMARTS) is 1. The van der Waals surface area contributed by atoms with Gasteiger partial charge in [-0.15, -0.1) is 0 Å². The van der Waals surface area contributed by atoms with Crippen LogP contribution < -0.4 is 5.32 Å². The molecule has 1 aromatic rings. The van der Waals surface area contributed by atoms with Crippen LogP contribution in [-0.4, -0.2) is 88.8 Å². The maximum atomic E-state index is 13.6. The number of fused-ring (bicyclic) bond motifs is 1. The molecular formula is C23H35N5O6. The molecule has 4 fully saturated rings. The van der Waals surface area contributed by atoms with Crippen molar-refractivity contribution >= 4 is 18.3 Å². The number of amides is 2. The molecule has 2 aliphatic carbocycles. The fourth-order valence-electron chi connectivity index (χ4n) is 5.73. The van der Waals surface area contributed by atoms with Gasteiger partial charge in [0.25, 0.3) is 6.47 Å². The number of carbonyl (C=O) groups excluding carboxylic acids is 2. The van der Waals surface area contributed by atoms with Gasteiger partial charge in [-0.2, -0.15) is 4.98 Å². The number of rotatable bonds is 5. The van der Waals surface area contributed by atoms with E-state index in [9.17, 15) is 9.59 Å². The molecule has 34 heavy (non-hydrogen) atoms. The summed E-state index contributed by atoms with van der Waals surface area (Å²) in [5.74, 6) is 1.99. The third kappa shape index (κ3) is 5.41. The van der Waals surface area contributed by atoms with E-state index in [1.165, 1.54) is 0 Å². The van der Waals surface area contributed by atoms with Gasteiger partial charge >= 0.3 is 0 Å². The van der Waals surface area contributed by atoms with E-state index in [1.54, 1.807) is 6.92 Å². The summed E-state index contributed by atoms with van der Waals surface area (Å²) in [6.07, 6.45) is 5.88. The maximum Gasteiger partial charge on any atom is 0.290 e. The van der Waals surface area contributed by atoms with Gasteiger partial charge in [0.2, 0.25) is 17.7 Å². The number of piperidine rings is 1. The van der Waals surface area contributed by atoms with Gasteiger partial charge in [-0.05, 0) is 44.4 Å². The summed E-state index contributed by atoms with van der Waals surface area (Å²) in [5, 5.41) is 14.0. The van der Waals surface area contributed by atoms with Gasteiger partial charge < -0.3 is 24.6 Å². The average molecular weight is 478 g/mol. The zero-order chi connectivity index (χ0) is 24.1. The molecule has 1 aromatic heterocycles. The first-order valence-corrected chi connectivity index (χ1v) is 12.2. The first-order chi connectivity index (χ1) is 16.5. The third-order valence-corrected chi connectivity index (χ3v) is 7.77. The Hall–Kier alpha value is -2.53. The molecule has 0 radical (unpaired) electrons. The Morgan fingerprint density at radius 2 is 1.94 bits per heavy atom. The highest BCUT2D eigenvalue weighted by Gasteiger charge is 2.53. The lowest BCUT2D eigenvalue weighted by atomic mass is 9.61. The number of carbonyl (C=O) groups is 3. The molecule has 2 N–H and O–H groups in total. The quantitative estimate of drug-likeness (QED) is 0.595. The minimum atomic E-state index is -0.536. The van der Waals surface area contributed by atoms with Crippen molar-refractivity contribution in [3.63, 3.8) is 0 Å². The predicted octanol–water partition coefficient (Wildman–Crippen LogP) is 1.00. The van der Waals surface area contributed by atoms with Crippen LogP contribution in [0, 0.1) is 11.3 Å². The lowest BCUT2D eigenvalue weighted by Gasteiger charge is -2.53. The van der Waals surface area contributed by atoms with Crippen molar-refractivity contribution in [1.29, 1.82) is 0 Å². The summed E-state index contributed by atoms with van der Waals surface area (Å²) in [5.41, 5.74) is -0.536. The standard InChI is InChI=1S/C22H33N5O4.CH2O2/c1-15(28)27-7-5-17-12-18(26-8-10-30-11-9-26)4-6-22(17,14-27)21(29)23-13-19-24-20(25-31-19)16-2-3-16;2-1-3/h16-18H,2-14H2,1H3,(H,23,29);1H,(H,2,3)/t17-,18+,22-;/m1./s1. The van der Waals surface area contributed by atoms with Crippen molar-refractivity contribution in [2.24, 2.45) is 11.3 Å². The van der Waals surface area contributed by atoms with Gasteiger partial charge in [-0.25, -0.2) is 0 Å². The average Bonchev–Trinajstić information content (AvgIpc) is 3.60. The van der Waals surface area contributed by atoms with Crippen LogP contribution in [0.5, 0.6) is 0 Å². The second-order valence-electron chi connectivity index (χ2n) is 9.77. The fourth-order valence-corrected chi connectivity index (χ4v) is 5.73. The van der Waals surface area contributed by atoms with Crippen LogP contribution in [0.2, 0.25) is 0 Å². The van der Waals surface area contributed by atoms with Gasteiger partial charge in [0.05, 0.1) is 25.2 Å².